The molecule has 1 aromatic heterocycles. The van der Waals surface area contributed by atoms with Gasteiger partial charge in [0.25, 0.3) is 0 Å². The Morgan fingerprint density at radius 3 is 2.68 bits per heavy atom. The van der Waals surface area contributed by atoms with Crippen LogP contribution in [-0.2, 0) is 4.84 Å². The van der Waals surface area contributed by atoms with Crippen LogP contribution < -0.4 is 5.48 Å². The van der Waals surface area contributed by atoms with Gasteiger partial charge in [0.2, 0.25) is 0 Å². The molecule has 0 saturated heterocycles. The Kier molecular flexibility index (Phi) is 3.76. The maximum Gasteiger partial charge on any atom is 0.185 e. The van der Waals surface area contributed by atoms with Crippen LogP contribution in [0.25, 0.3) is 0 Å². The Bertz CT molecular complexity index is 1100. The molecule has 2 N–H and O–H groups in total. The zero-order chi connectivity index (χ0) is 19.3. The zero-order valence-electron chi connectivity index (χ0n) is 14.3. The standard InChI is InChI=1S/C19H13F2N5O2/c20-10-3-1-9(2-4-10)18-16(19-23-8-24-25-19)17-15-12(14(27)7-22-17)5-11(21)6-13(15)26-28-18/h1-6,8,16,18,26H,7H2,(H,23,24,25). The number of carbonyl (C=O) groups excluding carboxylic acids is 1. The van der Waals surface area contributed by atoms with E-state index in [0.29, 0.717) is 28.4 Å². The molecule has 0 bridgehead atoms. The molecule has 0 saturated carbocycles. The molecule has 5 rings (SSSR count). The first kappa shape index (κ1) is 16.7. The summed E-state index contributed by atoms with van der Waals surface area (Å²) in [7, 11) is 0. The van der Waals surface area contributed by atoms with E-state index in [2.05, 4.69) is 25.7 Å². The number of aromatic amines is 1. The summed E-state index contributed by atoms with van der Waals surface area (Å²) in [6.07, 6.45) is 0.681. The van der Waals surface area contributed by atoms with Crippen LogP contribution in [0.4, 0.5) is 14.5 Å². The van der Waals surface area contributed by atoms with Crippen LogP contribution in [0, 0.1) is 11.6 Å². The van der Waals surface area contributed by atoms with E-state index in [4.69, 9.17) is 4.84 Å². The van der Waals surface area contributed by atoms with E-state index in [1.807, 2.05) is 0 Å². The fourth-order valence-corrected chi connectivity index (χ4v) is 3.65. The van der Waals surface area contributed by atoms with Gasteiger partial charge in [-0.3, -0.25) is 25.2 Å². The zero-order valence-corrected chi connectivity index (χ0v) is 14.3. The highest BCUT2D eigenvalue weighted by atomic mass is 19.1. The number of hydrogen-bond acceptors (Lipinski definition) is 6. The lowest BCUT2D eigenvalue weighted by atomic mass is 9.83. The molecule has 0 radical (unpaired) electrons. The van der Waals surface area contributed by atoms with Crippen molar-refractivity contribution in [2.75, 3.05) is 12.0 Å². The molecule has 0 fully saturated rings. The number of H-pyrrole nitrogens is 1. The quantitative estimate of drug-likeness (QED) is 0.712. The highest BCUT2D eigenvalue weighted by molar-refractivity contribution is 6.20. The molecule has 9 heteroatoms. The molecule has 2 aliphatic rings. The van der Waals surface area contributed by atoms with Crippen molar-refractivity contribution in [2.24, 2.45) is 4.99 Å². The van der Waals surface area contributed by atoms with Gasteiger partial charge in [-0.25, -0.2) is 13.8 Å². The molecule has 2 atom stereocenters. The smallest absolute Gasteiger partial charge is 0.185 e. The van der Waals surface area contributed by atoms with E-state index >= 15 is 0 Å². The second-order valence-electron chi connectivity index (χ2n) is 6.54. The van der Waals surface area contributed by atoms with Gasteiger partial charge >= 0.3 is 0 Å². The average molecular weight is 381 g/mol. The second kappa shape index (κ2) is 6.31. The molecular formula is C19H13F2N5O2. The van der Waals surface area contributed by atoms with E-state index in [1.54, 1.807) is 12.1 Å². The third-order valence-corrected chi connectivity index (χ3v) is 4.87. The van der Waals surface area contributed by atoms with Gasteiger partial charge in [-0.05, 0) is 29.8 Å². The van der Waals surface area contributed by atoms with Crippen molar-refractivity contribution in [2.45, 2.75) is 12.0 Å². The number of rotatable bonds is 2. The molecular weight excluding hydrogens is 368 g/mol. The number of carbonyl (C=O) groups is 1. The number of benzene rings is 2. The van der Waals surface area contributed by atoms with Crippen LogP contribution in [0.2, 0.25) is 0 Å². The third kappa shape index (κ3) is 2.59. The van der Waals surface area contributed by atoms with Gasteiger partial charge in [-0.1, -0.05) is 12.1 Å². The number of aliphatic imine (C=N–C) groups is 1. The van der Waals surface area contributed by atoms with Gasteiger partial charge in [0.15, 0.2) is 5.78 Å². The van der Waals surface area contributed by atoms with Crippen LogP contribution in [-0.4, -0.2) is 33.2 Å². The first-order valence-electron chi connectivity index (χ1n) is 8.55. The number of anilines is 1. The Morgan fingerprint density at radius 1 is 1.11 bits per heavy atom. The normalized spacial score (nSPS) is 20.8. The summed E-state index contributed by atoms with van der Waals surface area (Å²) in [5.41, 5.74) is 4.95. The molecule has 2 unspecified atom stereocenters. The molecule has 28 heavy (non-hydrogen) atoms. The number of ketones is 1. The largest absolute Gasteiger partial charge is 0.292 e. The van der Waals surface area contributed by atoms with Crippen molar-refractivity contribution in [1.29, 1.82) is 0 Å². The minimum absolute atomic E-state index is 0.105. The van der Waals surface area contributed by atoms with Crippen LogP contribution in [0.5, 0.6) is 0 Å². The lowest BCUT2D eigenvalue weighted by Crippen LogP contribution is -2.28. The molecule has 3 aromatic rings. The minimum atomic E-state index is -0.677. The van der Waals surface area contributed by atoms with E-state index in [0.717, 1.165) is 0 Å². The van der Waals surface area contributed by atoms with Gasteiger partial charge in [-0.15, -0.1) is 0 Å². The lowest BCUT2D eigenvalue weighted by molar-refractivity contribution is 0.0929. The summed E-state index contributed by atoms with van der Waals surface area (Å²) in [5.74, 6) is -1.32. The van der Waals surface area contributed by atoms with Gasteiger partial charge in [0, 0.05) is 11.1 Å². The summed E-state index contributed by atoms with van der Waals surface area (Å²) in [4.78, 5) is 26.9. The van der Waals surface area contributed by atoms with E-state index in [9.17, 15) is 13.6 Å². The maximum absolute atomic E-state index is 14.1. The lowest BCUT2D eigenvalue weighted by Gasteiger charge is -2.25. The van der Waals surface area contributed by atoms with Gasteiger partial charge in [0.05, 0.1) is 17.3 Å². The predicted octanol–water partition coefficient (Wildman–Crippen LogP) is 2.95. The number of nitrogens with zero attached hydrogens (tertiary/aromatic N) is 3. The number of hydrogen-bond donors (Lipinski definition) is 2. The summed E-state index contributed by atoms with van der Waals surface area (Å²) < 4.78 is 27.5. The maximum atomic E-state index is 14.1. The molecule has 2 aliphatic heterocycles. The average Bonchev–Trinajstić information content (AvgIpc) is 3.16. The second-order valence-corrected chi connectivity index (χ2v) is 6.54. The van der Waals surface area contributed by atoms with Crippen molar-refractivity contribution in [3.63, 3.8) is 0 Å². The van der Waals surface area contributed by atoms with E-state index in [-0.39, 0.29) is 23.7 Å². The topological polar surface area (TPSA) is 92.3 Å². The monoisotopic (exact) mass is 381 g/mol. The third-order valence-electron chi connectivity index (χ3n) is 4.87. The van der Waals surface area contributed by atoms with Gasteiger partial charge in [0.1, 0.15) is 36.4 Å². The highest BCUT2D eigenvalue weighted by Gasteiger charge is 2.40. The van der Waals surface area contributed by atoms with Crippen LogP contribution in [0.3, 0.4) is 0 Å². The van der Waals surface area contributed by atoms with Crippen LogP contribution in [0.1, 0.15) is 39.3 Å². The first-order chi connectivity index (χ1) is 13.6. The Labute approximate surface area is 157 Å². The van der Waals surface area contributed by atoms with Crippen LogP contribution in [0.15, 0.2) is 47.7 Å². The Morgan fingerprint density at radius 2 is 1.93 bits per heavy atom. The molecule has 3 heterocycles. The van der Waals surface area contributed by atoms with Crippen molar-refractivity contribution >= 4 is 17.2 Å². The number of nitrogens with one attached hydrogen (secondary N) is 2. The first-order valence-corrected chi connectivity index (χ1v) is 8.55. The van der Waals surface area contributed by atoms with Gasteiger partial charge in [-0.2, -0.15) is 5.10 Å². The minimum Gasteiger partial charge on any atom is -0.292 e. The highest BCUT2D eigenvalue weighted by Crippen LogP contribution is 2.42. The molecule has 140 valence electrons. The molecule has 0 spiro atoms. The molecule has 7 nitrogen and oxygen atoms in total. The van der Waals surface area contributed by atoms with Crippen molar-refractivity contribution < 1.29 is 18.4 Å². The van der Waals surface area contributed by atoms with Crippen LogP contribution >= 0.6 is 0 Å². The van der Waals surface area contributed by atoms with Crippen molar-refractivity contribution in [1.82, 2.24) is 15.2 Å². The fraction of sp³-hybridized carbons (Fsp3) is 0.158. The SMILES string of the molecule is O=C1CN=C2c3c(cc(F)cc31)NOC(c1ccc(F)cc1)C2c1ncn[nH]1. The molecule has 0 amide bonds. The summed E-state index contributed by atoms with van der Waals surface area (Å²) >= 11 is 0. The molecule has 0 aliphatic carbocycles. The van der Waals surface area contributed by atoms with E-state index in [1.165, 1.54) is 30.6 Å². The predicted molar refractivity (Wildman–Crippen MR) is 95.1 cm³/mol. The van der Waals surface area contributed by atoms with Gasteiger partial charge < -0.3 is 0 Å². The number of halogens is 2. The van der Waals surface area contributed by atoms with Crippen molar-refractivity contribution in [3.05, 3.63) is 76.9 Å². The Hall–Kier alpha value is -3.46. The fourth-order valence-electron chi connectivity index (χ4n) is 3.65. The molecule has 2 aromatic carbocycles. The number of aromatic nitrogens is 3. The Balaban J connectivity index is 1.73. The van der Waals surface area contributed by atoms with Crippen molar-refractivity contribution in [3.8, 4) is 0 Å². The number of Topliss-reactive ketones (excluding diaryl/α,β-unsaturated/α-hetero) is 1. The van der Waals surface area contributed by atoms with E-state index < -0.39 is 17.8 Å². The summed E-state index contributed by atoms with van der Waals surface area (Å²) in [6.45, 7) is -0.105. The summed E-state index contributed by atoms with van der Waals surface area (Å²) in [6, 6.07) is 8.29. The summed E-state index contributed by atoms with van der Waals surface area (Å²) in [5, 5.41) is 6.73.